The van der Waals surface area contributed by atoms with Crippen molar-refractivity contribution in [2.24, 2.45) is 11.8 Å². The second-order valence-electron chi connectivity index (χ2n) is 6.94. The van der Waals surface area contributed by atoms with Crippen LogP contribution < -0.4 is 4.74 Å². The van der Waals surface area contributed by atoms with Gasteiger partial charge in [0.2, 0.25) is 0 Å². The molecule has 0 saturated heterocycles. The van der Waals surface area contributed by atoms with Crippen LogP contribution >= 0.6 is 0 Å². The normalized spacial score (nSPS) is 30.7. The third-order valence-corrected chi connectivity index (χ3v) is 5.55. The van der Waals surface area contributed by atoms with Crippen molar-refractivity contribution in [1.82, 2.24) is 0 Å². The quantitative estimate of drug-likeness (QED) is 0.680. The second-order valence-corrected chi connectivity index (χ2v) is 6.94. The average Bonchev–Trinajstić information content (AvgIpc) is 2.54. The number of fused-ring (bicyclic) bond motifs is 1. The zero-order valence-corrected chi connectivity index (χ0v) is 13.6. The highest BCUT2D eigenvalue weighted by atomic mass is 19.4. The number of alkyl halides is 3. The molecule has 0 spiro atoms. The minimum Gasteiger partial charge on any atom is -0.403 e. The van der Waals surface area contributed by atoms with E-state index in [2.05, 4.69) is 4.74 Å². The molecule has 6 heteroatoms. The molecule has 134 valence electrons. The molecule has 0 aromatic heterocycles. The molecule has 0 aliphatic heterocycles. The minimum atomic E-state index is -4.87. The van der Waals surface area contributed by atoms with Gasteiger partial charge in [0.15, 0.2) is 11.6 Å². The lowest BCUT2D eigenvalue weighted by atomic mass is 9.65. The van der Waals surface area contributed by atoms with Gasteiger partial charge in [-0.3, -0.25) is 0 Å². The largest absolute Gasteiger partial charge is 0.573 e. The van der Waals surface area contributed by atoms with E-state index in [1.165, 1.54) is 6.07 Å². The lowest BCUT2D eigenvalue weighted by molar-refractivity contribution is -0.275. The zero-order chi connectivity index (χ0) is 17.3. The highest BCUT2D eigenvalue weighted by Gasteiger charge is 2.36. The van der Waals surface area contributed by atoms with Gasteiger partial charge in [-0.25, -0.2) is 4.39 Å². The first-order chi connectivity index (χ1) is 11.4. The summed E-state index contributed by atoms with van der Waals surface area (Å²) in [4.78, 5) is 0. The van der Waals surface area contributed by atoms with Crippen molar-refractivity contribution < 1.29 is 27.0 Å². The van der Waals surface area contributed by atoms with E-state index in [1.807, 2.05) is 0 Å². The van der Waals surface area contributed by atoms with Crippen LogP contribution in [0.1, 0.15) is 50.0 Å². The van der Waals surface area contributed by atoms with Gasteiger partial charge in [0.05, 0.1) is 6.10 Å². The van der Waals surface area contributed by atoms with E-state index >= 15 is 0 Å². The Morgan fingerprint density at radius 3 is 2.38 bits per heavy atom. The van der Waals surface area contributed by atoms with Crippen molar-refractivity contribution in [1.29, 1.82) is 0 Å². The van der Waals surface area contributed by atoms with Gasteiger partial charge in [-0.1, -0.05) is 6.07 Å². The maximum Gasteiger partial charge on any atom is 0.573 e. The van der Waals surface area contributed by atoms with Crippen LogP contribution in [-0.2, 0) is 4.74 Å². The Bertz CT molecular complexity index is 573. The first kappa shape index (κ1) is 17.5. The predicted octanol–water partition coefficient (Wildman–Crippen LogP) is 5.42. The van der Waals surface area contributed by atoms with E-state index in [9.17, 15) is 17.6 Å². The standard InChI is InChI=1S/C18H22F4O2/c1-23-15-6-4-12-8-11(2-3-13(12)9-15)14-5-7-17(16(19)10-14)24-18(20,21)22/h5,7,10-13,15H,2-4,6,8-9H2,1H3. The van der Waals surface area contributed by atoms with Crippen LogP contribution in [0.15, 0.2) is 18.2 Å². The monoisotopic (exact) mass is 346 g/mol. The van der Waals surface area contributed by atoms with E-state index in [4.69, 9.17) is 4.74 Å². The molecular formula is C18H22F4O2. The summed E-state index contributed by atoms with van der Waals surface area (Å²) in [6.07, 6.45) is 1.70. The van der Waals surface area contributed by atoms with Crippen molar-refractivity contribution in [3.63, 3.8) is 0 Å². The number of halogens is 4. The zero-order valence-electron chi connectivity index (χ0n) is 13.6. The van der Waals surface area contributed by atoms with E-state index < -0.39 is 17.9 Å². The molecule has 2 fully saturated rings. The number of benzene rings is 1. The molecule has 0 amide bonds. The fraction of sp³-hybridized carbons (Fsp3) is 0.667. The number of rotatable bonds is 3. The molecule has 2 saturated carbocycles. The third kappa shape index (κ3) is 4.02. The van der Waals surface area contributed by atoms with Crippen LogP contribution in [0.5, 0.6) is 5.75 Å². The SMILES string of the molecule is COC1CCC2CC(c3ccc(OC(F)(F)F)c(F)c3)CCC2C1. The molecule has 2 aliphatic rings. The molecule has 4 unspecified atom stereocenters. The highest BCUT2D eigenvalue weighted by molar-refractivity contribution is 5.32. The Balaban J connectivity index is 1.67. The molecule has 0 radical (unpaired) electrons. The van der Waals surface area contributed by atoms with Crippen LogP contribution in [0.3, 0.4) is 0 Å². The predicted molar refractivity (Wildman–Crippen MR) is 81.3 cm³/mol. The first-order valence-corrected chi connectivity index (χ1v) is 8.43. The van der Waals surface area contributed by atoms with Crippen molar-refractivity contribution in [2.45, 2.75) is 56.9 Å². The summed E-state index contributed by atoms with van der Waals surface area (Å²) in [7, 11) is 1.75. The summed E-state index contributed by atoms with van der Waals surface area (Å²) < 4.78 is 59.8. The van der Waals surface area contributed by atoms with Crippen molar-refractivity contribution in [2.75, 3.05) is 7.11 Å². The molecule has 0 N–H and O–H groups in total. The summed E-state index contributed by atoms with van der Waals surface area (Å²) >= 11 is 0. The van der Waals surface area contributed by atoms with Crippen LogP contribution in [0, 0.1) is 17.7 Å². The first-order valence-electron chi connectivity index (χ1n) is 8.43. The molecule has 1 aromatic carbocycles. The second kappa shape index (κ2) is 6.90. The summed E-state index contributed by atoms with van der Waals surface area (Å²) in [5, 5.41) is 0. The Morgan fingerprint density at radius 2 is 1.71 bits per heavy atom. The van der Waals surface area contributed by atoms with Gasteiger partial charge < -0.3 is 9.47 Å². The molecule has 1 aromatic rings. The molecule has 3 rings (SSSR count). The maximum absolute atomic E-state index is 13.9. The Morgan fingerprint density at radius 1 is 1.00 bits per heavy atom. The smallest absolute Gasteiger partial charge is 0.403 e. The summed E-state index contributed by atoms with van der Waals surface area (Å²) in [6, 6.07) is 3.86. The molecule has 2 nitrogen and oxygen atoms in total. The Hall–Kier alpha value is -1.30. The van der Waals surface area contributed by atoms with Crippen molar-refractivity contribution in [3.05, 3.63) is 29.6 Å². The van der Waals surface area contributed by atoms with Gasteiger partial charge in [0, 0.05) is 7.11 Å². The van der Waals surface area contributed by atoms with Gasteiger partial charge >= 0.3 is 6.36 Å². The summed E-state index contributed by atoms with van der Waals surface area (Å²) in [5.41, 5.74) is 0.773. The van der Waals surface area contributed by atoms with Crippen molar-refractivity contribution >= 4 is 0 Å². The third-order valence-electron chi connectivity index (χ3n) is 5.55. The van der Waals surface area contributed by atoms with Gasteiger partial charge in [0.25, 0.3) is 0 Å². The molecule has 4 atom stereocenters. The number of hydrogen-bond donors (Lipinski definition) is 0. The van der Waals surface area contributed by atoms with E-state index in [0.717, 1.165) is 50.2 Å². The average molecular weight is 346 g/mol. The number of methoxy groups -OCH3 is 1. The molecule has 2 aliphatic carbocycles. The fourth-order valence-corrected chi connectivity index (χ4v) is 4.34. The van der Waals surface area contributed by atoms with E-state index in [-0.39, 0.29) is 5.92 Å². The Kier molecular flexibility index (Phi) is 5.04. The van der Waals surface area contributed by atoms with Crippen LogP contribution in [0.2, 0.25) is 0 Å². The lowest BCUT2D eigenvalue weighted by Crippen LogP contribution is -2.33. The van der Waals surface area contributed by atoms with Gasteiger partial charge in [-0.15, -0.1) is 13.2 Å². The highest BCUT2D eigenvalue weighted by Crippen LogP contribution is 2.47. The van der Waals surface area contributed by atoms with Crippen LogP contribution in [-0.4, -0.2) is 19.6 Å². The molecular weight excluding hydrogens is 324 g/mol. The van der Waals surface area contributed by atoms with E-state index in [0.29, 0.717) is 17.9 Å². The van der Waals surface area contributed by atoms with Crippen LogP contribution in [0.25, 0.3) is 0 Å². The number of ether oxygens (including phenoxy) is 2. The van der Waals surface area contributed by atoms with Gasteiger partial charge in [-0.2, -0.15) is 0 Å². The topological polar surface area (TPSA) is 18.5 Å². The molecule has 0 bridgehead atoms. The van der Waals surface area contributed by atoms with Crippen LogP contribution in [0.4, 0.5) is 17.6 Å². The van der Waals surface area contributed by atoms with E-state index in [1.54, 1.807) is 13.2 Å². The minimum absolute atomic E-state index is 0.208. The summed E-state index contributed by atoms with van der Waals surface area (Å²) in [5.74, 6) is -0.252. The maximum atomic E-state index is 13.9. The molecule has 24 heavy (non-hydrogen) atoms. The molecule has 0 heterocycles. The Labute approximate surface area is 139 Å². The summed E-state index contributed by atoms with van der Waals surface area (Å²) in [6.45, 7) is 0. The van der Waals surface area contributed by atoms with Gasteiger partial charge in [-0.05, 0) is 74.0 Å². The van der Waals surface area contributed by atoms with Crippen molar-refractivity contribution in [3.8, 4) is 5.75 Å². The fourth-order valence-electron chi connectivity index (χ4n) is 4.34. The van der Waals surface area contributed by atoms with Gasteiger partial charge in [0.1, 0.15) is 0 Å². The number of hydrogen-bond acceptors (Lipinski definition) is 2. The lowest BCUT2D eigenvalue weighted by Gasteiger charge is -2.42.